The highest BCUT2D eigenvalue weighted by atomic mass is 16.5. The van der Waals surface area contributed by atoms with E-state index < -0.39 is 0 Å². The number of rotatable bonds is 6. The first-order chi connectivity index (χ1) is 10.2. The summed E-state index contributed by atoms with van der Waals surface area (Å²) >= 11 is 0. The van der Waals surface area contributed by atoms with Crippen LogP contribution in [0.5, 0.6) is 5.75 Å². The molecular weight excluding hydrogens is 260 g/mol. The van der Waals surface area contributed by atoms with Crippen molar-refractivity contribution in [2.75, 3.05) is 20.2 Å². The second-order valence-corrected chi connectivity index (χ2v) is 6.05. The number of hydrogen-bond donors (Lipinski definition) is 0. The zero-order chi connectivity index (χ0) is 15.1. The number of benzene rings is 1. The molecular formula is C18H26N2O. The molecule has 1 aliphatic rings. The van der Waals surface area contributed by atoms with Crippen LogP contribution in [0.1, 0.15) is 44.6 Å². The Morgan fingerprint density at radius 1 is 1.29 bits per heavy atom. The summed E-state index contributed by atoms with van der Waals surface area (Å²) in [5.41, 5.74) is 0.652. The van der Waals surface area contributed by atoms with Crippen molar-refractivity contribution in [3.05, 3.63) is 29.8 Å². The van der Waals surface area contributed by atoms with Gasteiger partial charge in [0.1, 0.15) is 12.4 Å². The minimum atomic E-state index is 0.652. The quantitative estimate of drug-likeness (QED) is 0.797. The van der Waals surface area contributed by atoms with E-state index in [2.05, 4.69) is 24.9 Å². The fourth-order valence-electron chi connectivity index (χ4n) is 3.14. The molecule has 0 heterocycles. The van der Waals surface area contributed by atoms with Gasteiger partial charge in [0.05, 0.1) is 11.6 Å². The summed E-state index contributed by atoms with van der Waals surface area (Å²) in [4.78, 5) is 2.43. The minimum Gasteiger partial charge on any atom is -0.492 e. The molecule has 0 N–H and O–H groups in total. The Kier molecular flexibility index (Phi) is 6.07. The largest absolute Gasteiger partial charge is 0.492 e. The molecule has 3 heteroatoms. The van der Waals surface area contributed by atoms with Crippen LogP contribution in [-0.4, -0.2) is 31.1 Å². The Labute approximate surface area is 128 Å². The van der Waals surface area contributed by atoms with Gasteiger partial charge in [-0.15, -0.1) is 0 Å². The molecule has 0 saturated heterocycles. The summed E-state index contributed by atoms with van der Waals surface area (Å²) in [6.45, 7) is 3.93. The zero-order valence-corrected chi connectivity index (χ0v) is 13.2. The van der Waals surface area contributed by atoms with Gasteiger partial charge in [-0.25, -0.2) is 0 Å². The molecule has 1 fully saturated rings. The highest BCUT2D eigenvalue weighted by Crippen LogP contribution is 2.28. The van der Waals surface area contributed by atoms with Crippen molar-refractivity contribution in [1.29, 1.82) is 5.26 Å². The maximum Gasteiger partial charge on any atom is 0.120 e. The van der Waals surface area contributed by atoms with Crippen LogP contribution in [0.25, 0.3) is 0 Å². The Morgan fingerprint density at radius 2 is 2.05 bits per heavy atom. The topological polar surface area (TPSA) is 36.3 Å². The molecule has 0 spiro atoms. The van der Waals surface area contributed by atoms with Crippen molar-refractivity contribution >= 4 is 0 Å². The van der Waals surface area contributed by atoms with Gasteiger partial charge in [0.15, 0.2) is 0 Å². The first kappa shape index (κ1) is 15.9. The minimum absolute atomic E-state index is 0.652. The maximum atomic E-state index is 8.87. The summed E-state index contributed by atoms with van der Waals surface area (Å²) in [7, 11) is 2.20. The molecule has 1 aromatic carbocycles. The zero-order valence-electron chi connectivity index (χ0n) is 13.2. The molecule has 0 bridgehead atoms. The van der Waals surface area contributed by atoms with Gasteiger partial charge >= 0.3 is 0 Å². The number of ether oxygens (including phenoxy) is 1. The van der Waals surface area contributed by atoms with E-state index in [1.807, 2.05) is 12.1 Å². The molecule has 114 valence electrons. The second-order valence-electron chi connectivity index (χ2n) is 6.05. The summed E-state index contributed by atoms with van der Waals surface area (Å²) in [5, 5.41) is 8.87. The van der Waals surface area contributed by atoms with Crippen LogP contribution in [0.3, 0.4) is 0 Å². The van der Waals surface area contributed by atoms with Crippen molar-refractivity contribution in [1.82, 2.24) is 4.90 Å². The van der Waals surface area contributed by atoms with Crippen LogP contribution in [0, 0.1) is 17.2 Å². The Balaban J connectivity index is 1.72. The van der Waals surface area contributed by atoms with Crippen molar-refractivity contribution in [2.24, 2.45) is 5.92 Å². The van der Waals surface area contributed by atoms with E-state index in [1.54, 1.807) is 12.1 Å². The van der Waals surface area contributed by atoms with Crippen LogP contribution in [-0.2, 0) is 0 Å². The summed E-state index contributed by atoms with van der Waals surface area (Å²) in [5.74, 6) is 1.73. The smallest absolute Gasteiger partial charge is 0.120 e. The molecule has 21 heavy (non-hydrogen) atoms. The van der Waals surface area contributed by atoms with Gasteiger partial charge in [-0.1, -0.05) is 19.4 Å². The van der Waals surface area contributed by atoms with E-state index in [4.69, 9.17) is 10.00 Å². The van der Waals surface area contributed by atoms with E-state index in [9.17, 15) is 0 Å². The normalized spacial score (nSPS) is 22.0. The summed E-state index contributed by atoms with van der Waals surface area (Å²) in [6, 6.07) is 10.2. The van der Waals surface area contributed by atoms with Crippen LogP contribution in [0.15, 0.2) is 24.3 Å². The van der Waals surface area contributed by atoms with Crippen LogP contribution < -0.4 is 4.74 Å². The molecule has 0 radical (unpaired) electrons. The summed E-state index contributed by atoms with van der Waals surface area (Å²) < 4.78 is 5.76. The van der Waals surface area contributed by atoms with E-state index in [0.29, 0.717) is 18.2 Å². The first-order valence-electron chi connectivity index (χ1n) is 8.06. The maximum absolute atomic E-state index is 8.87. The number of likely N-dealkylation sites (N-methyl/N-ethyl adjacent to an activating group) is 1. The van der Waals surface area contributed by atoms with Crippen molar-refractivity contribution in [3.63, 3.8) is 0 Å². The van der Waals surface area contributed by atoms with Crippen LogP contribution >= 0.6 is 0 Å². The fraction of sp³-hybridized carbons (Fsp3) is 0.611. The molecule has 0 aromatic heterocycles. The standard InChI is InChI=1S/C18H26N2O/c1-3-15-7-9-17(10-8-15)20(2)11-12-21-18-6-4-5-16(13-18)14-19/h4-6,13,15,17H,3,7-12H2,1-2H3. The third-order valence-electron chi connectivity index (χ3n) is 4.69. The molecule has 0 atom stereocenters. The van der Waals surface area contributed by atoms with Gasteiger partial charge in [0, 0.05) is 12.6 Å². The molecule has 3 nitrogen and oxygen atoms in total. The Hall–Kier alpha value is -1.53. The van der Waals surface area contributed by atoms with Crippen LogP contribution in [0.2, 0.25) is 0 Å². The molecule has 1 aromatic rings. The van der Waals surface area contributed by atoms with Crippen molar-refractivity contribution in [3.8, 4) is 11.8 Å². The van der Waals surface area contributed by atoms with E-state index >= 15 is 0 Å². The Morgan fingerprint density at radius 3 is 2.71 bits per heavy atom. The third-order valence-corrected chi connectivity index (χ3v) is 4.69. The van der Waals surface area contributed by atoms with Gasteiger partial charge in [0.25, 0.3) is 0 Å². The average molecular weight is 286 g/mol. The van der Waals surface area contributed by atoms with Gasteiger partial charge in [-0.3, -0.25) is 0 Å². The SMILES string of the molecule is CCC1CCC(N(C)CCOc2cccc(C#N)c2)CC1. The predicted molar refractivity (Wildman–Crippen MR) is 85.3 cm³/mol. The molecule has 1 aliphatic carbocycles. The number of nitriles is 1. The monoisotopic (exact) mass is 286 g/mol. The fourth-order valence-corrected chi connectivity index (χ4v) is 3.14. The molecule has 2 rings (SSSR count). The number of hydrogen-bond acceptors (Lipinski definition) is 3. The average Bonchev–Trinajstić information content (AvgIpc) is 2.55. The molecule has 0 unspecified atom stereocenters. The lowest BCUT2D eigenvalue weighted by atomic mass is 9.84. The molecule has 0 aliphatic heterocycles. The van der Waals surface area contributed by atoms with Gasteiger partial charge in [-0.05, 0) is 56.8 Å². The molecule has 1 saturated carbocycles. The number of nitrogens with zero attached hydrogens (tertiary/aromatic N) is 2. The lowest BCUT2D eigenvalue weighted by molar-refractivity contribution is 0.141. The lowest BCUT2D eigenvalue weighted by Crippen LogP contribution is -2.37. The molecule has 0 amide bonds. The van der Waals surface area contributed by atoms with Crippen molar-refractivity contribution in [2.45, 2.75) is 45.1 Å². The van der Waals surface area contributed by atoms with E-state index in [0.717, 1.165) is 18.2 Å². The van der Waals surface area contributed by atoms with E-state index in [-0.39, 0.29) is 0 Å². The third kappa shape index (κ3) is 4.75. The van der Waals surface area contributed by atoms with Gasteiger partial charge in [0.2, 0.25) is 0 Å². The van der Waals surface area contributed by atoms with Gasteiger partial charge < -0.3 is 9.64 Å². The predicted octanol–water partition coefficient (Wildman–Crippen LogP) is 3.84. The Bertz CT molecular complexity index is 472. The van der Waals surface area contributed by atoms with Crippen molar-refractivity contribution < 1.29 is 4.74 Å². The summed E-state index contributed by atoms with van der Waals surface area (Å²) in [6.07, 6.45) is 6.71. The van der Waals surface area contributed by atoms with Crippen LogP contribution in [0.4, 0.5) is 0 Å². The highest BCUT2D eigenvalue weighted by Gasteiger charge is 2.22. The second kappa shape index (κ2) is 8.05. The van der Waals surface area contributed by atoms with Gasteiger partial charge in [-0.2, -0.15) is 5.26 Å². The first-order valence-corrected chi connectivity index (χ1v) is 8.06. The van der Waals surface area contributed by atoms with E-state index in [1.165, 1.54) is 32.1 Å². The highest BCUT2D eigenvalue weighted by molar-refractivity contribution is 5.36. The lowest BCUT2D eigenvalue weighted by Gasteiger charge is -2.34.